The largest absolute Gasteiger partial charge is 0.480 e. The molecule has 0 aliphatic carbocycles. The monoisotopic (exact) mass is 741 g/mol. The standard InChI is InChI=1S/C35H47N7O9S/c1-16(2)13-25-31(46)36-18(4)30(45)41-29(19(5)43)33(48)39-27(35(49)50)15-52-34-23(22-9-7-8-10-24(22)40-34)14-26(32(47)38-25)37-28(44)12-11-21-17(3)42-51-20(21)6/h7-10,16,18-19,25-27,29,40,43H,11-15H2,1-6H3,(H,36,46)(H,37,44)(H,38,47)(H,39,48)(H,41,45)(H,49,50)/t18-,19-,25+,26+,27+,29+/m1/s1. The van der Waals surface area contributed by atoms with E-state index >= 15 is 0 Å². The van der Waals surface area contributed by atoms with Crippen molar-refractivity contribution in [3.05, 3.63) is 46.8 Å². The summed E-state index contributed by atoms with van der Waals surface area (Å²) in [4.78, 5) is 83.1. The third kappa shape index (κ3) is 10.1. The number of aliphatic hydroxyl groups is 1. The maximum Gasteiger partial charge on any atom is 0.327 e. The predicted octanol–water partition coefficient (Wildman–Crippen LogP) is 1.01. The van der Waals surface area contributed by atoms with Crippen molar-refractivity contribution in [2.45, 2.75) is 109 Å². The summed E-state index contributed by atoms with van der Waals surface area (Å²) in [6.45, 7) is 9.88. The number of aliphatic carboxylic acids is 1. The first-order valence-corrected chi connectivity index (χ1v) is 18.1. The highest BCUT2D eigenvalue weighted by molar-refractivity contribution is 7.99. The third-order valence-electron chi connectivity index (χ3n) is 8.78. The normalized spacial score (nSPS) is 23.0. The minimum absolute atomic E-state index is 0.0120. The summed E-state index contributed by atoms with van der Waals surface area (Å²) < 4.78 is 5.22. The number of fused-ring (bicyclic) bond motifs is 3. The number of aromatic amines is 1. The van der Waals surface area contributed by atoms with E-state index in [4.69, 9.17) is 4.52 Å². The molecule has 0 saturated carbocycles. The fraction of sp³-hybridized carbons (Fsp3) is 0.514. The van der Waals surface area contributed by atoms with Crippen molar-refractivity contribution in [3.63, 3.8) is 0 Å². The zero-order chi connectivity index (χ0) is 38.3. The second-order valence-electron chi connectivity index (χ2n) is 13.5. The Labute approximate surface area is 305 Å². The molecule has 8 N–H and O–H groups in total. The van der Waals surface area contributed by atoms with E-state index in [9.17, 15) is 39.0 Å². The number of carbonyl (C=O) groups is 6. The number of hydrogen-bond donors (Lipinski definition) is 8. The van der Waals surface area contributed by atoms with E-state index in [0.29, 0.717) is 34.0 Å². The number of aliphatic hydroxyl groups excluding tert-OH is 1. The average molecular weight is 742 g/mol. The number of nitrogens with zero attached hydrogens (tertiary/aromatic N) is 1. The summed E-state index contributed by atoms with van der Waals surface area (Å²) in [7, 11) is 0. The fourth-order valence-corrected chi connectivity index (χ4v) is 7.03. The number of hydrogen-bond acceptors (Lipinski definition) is 10. The molecule has 0 fully saturated rings. The molecule has 16 nitrogen and oxygen atoms in total. The minimum Gasteiger partial charge on any atom is -0.480 e. The van der Waals surface area contributed by atoms with E-state index in [-0.39, 0.29) is 30.9 Å². The summed E-state index contributed by atoms with van der Waals surface area (Å²) in [6.07, 6.45) is -0.936. The highest BCUT2D eigenvalue weighted by Gasteiger charge is 2.34. The van der Waals surface area contributed by atoms with Crippen molar-refractivity contribution in [2.24, 2.45) is 5.92 Å². The Morgan fingerprint density at radius 1 is 1.00 bits per heavy atom. The van der Waals surface area contributed by atoms with Crippen LogP contribution in [0, 0.1) is 19.8 Å². The van der Waals surface area contributed by atoms with Gasteiger partial charge in [-0.25, -0.2) is 4.79 Å². The van der Waals surface area contributed by atoms with Crippen LogP contribution in [0.2, 0.25) is 0 Å². The number of carbonyl (C=O) groups excluding carboxylic acids is 5. The van der Waals surface area contributed by atoms with E-state index in [1.807, 2.05) is 26.0 Å². The number of para-hydroxylation sites is 1. The van der Waals surface area contributed by atoms with Gasteiger partial charge in [0.1, 0.15) is 36.0 Å². The zero-order valence-corrected chi connectivity index (χ0v) is 30.8. The molecule has 1 aliphatic rings. The van der Waals surface area contributed by atoms with Gasteiger partial charge in [0, 0.05) is 35.1 Å². The Morgan fingerprint density at radius 2 is 1.71 bits per heavy atom. The van der Waals surface area contributed by atoms with Crippen LogP contribution in [0.15, 0.2) is 33.8 Å². The quantitative estimate of drug-likeness (QED) is 0.162. The number of nitrogens with one attached hydrogen (secondary N) is 6. The number of rotatable bonds is 8. The van der Waals surface area contributed by atoms with Gasteiger partial charge in [0.05, 0.1) is 16.8 Å². The number of benzene rings is 1. The highest BCUT2D eigenvalue weighted by atomic mass is 32.2. The maximum absolute atomic E-state index is 14.2. The van der Waals surface area contributed by atoms with Crippen LogP contribution in [0.4, 0.5) is 0 Å². The lowest BCUT2D eigenvalue weighted by Gasteiger charge is -2.27. The van der Waals surface area contributed by atoms with Gasteiger partial charge < -0.3 is 46.3 Å². The van der Waals surface area contributed by atoms with Gasteiger partial charge in [0.25, 0.3) is 0 Å². The van der Waals surface area contributed by atoms with Crippen LogP contribution >= 0.6 is 11.8 Å². The molecule has 0 bridgehead atoms. The molecule has 0 unspecified atom stereocenters. The van der Waals surface area contributed by atoms with Crippen LogP contribution in [0.3, 0.4) is 0 Å². The molecule has 2 aromatic heterocycles. The Bertz CT molecular complexity index is 1780. The first-order valence-electron chi connectivity index (χ1n) is 17.1. The second kappa shape index (κ2) is 17.5. The molecular weight excluding hydrogens is 694 g/mol. The third-order valence-corrected chi connectivity index (χ3v) is 9.92. The van der Waals surface area contributed by atoms with Crippen molar-refractivity contribution in [3.8, 4) is 0 Å². The molecule has 52 heavy (non-hydrogen) atoms. The van der Waals surface area contributed by atoms with Gasteiger partial charge in [-0.1, -0.05) is 37.2 Å². The maximum atomic E-state index is 14.2. The summed E-state index contributed by atoms with van der Waals surface area (Å²) in [5.74, 6) is -4.53. The first-order chi connectivity index (χ1) is 24.5. The lowest BCUT2D eigenvalue weighted by Crippen LogP contribution is -2.60. The molecule has 4 rings (SSSR count). The molecule has 1 aromatic carbocycles. The van der Waals surface area contributed by atoms with Crippen LogP contribution in [0.25, 0.3) is 10.9 Å². The van der Waals surface area contributed by atoms with Crippen LogP contribution in [0.5, 0.6) is 0 Å². The van der Waals surface area contributed by atoms with Crippen molar-refractivity contribution in [2.75, 3.05) is 5.75 Å². The SMILES string of the molecule is Cc1noc(C)c1CCC(=O)N[C@H]1Cc2c([nH]c3ccccc23)SC[C@@H](C(=O)O)NC(=O)[C@H]([C@@H](C)O)NC(=O)[C@@H](C)NC(=O)[C@H](CC(C)C)NC1=O. The number of amides is 5. The average Bonchev–Trinajstić information content (AvgIpc) is 3.59. The van der Waals surface area contributed by atoms with Crippen LogP contribution in [0.1, 0.15) is 63.1 Å². The molecule has 3 aromatic rings. The summed E-state index contributed by atoms with van der Waals surface area (Å²) in [5, 5.41) is 38.5. The van der Waals surface area contributed by atoms with Gasteiger partial charge in [0.2, 0.25) is 29.5 Å². The fourth-order valence-electron chi connectivity index (χ4n) is 5.92. The van der Waals surface area contributed by atoms with Gasteiger partial charge >= 0.3 is 5.97 Å². The number of aryl methyl sites for hydroxylation is 2. The van der Waals surface area contributed by atoms with E-state index in [1.54, 1.807) is 26.0 Å². The summed E-state index contributed by atoms with van der Waals surface area (Å²) >= 11 is 1.08. The lowest BCUT2D eigenvalue weighted by molar-refractivity contribution is -0.142. The first kappa shape index (κ1) is 39.9. The Hall–Kier alpha value is -4.90. The van der Waals surface area contributed by atoms with Crippen LogP contribution < -0.4 is 26.6 Å². The number of aromatic nitrogens is 2. The van der Waals surface area contributed by atoms with E-state index in [2.05, 4.69) is 36.7 Å². The van der Waals surface area contributed by atoms with Crippen molar-refractivity contribution in [1.82, 2.24) is 36.7 Å². The topological polar surface area (TPSA) is 245 Å². The van der Waals surface area contributed by atoms with Gasteiger partial charge in [-0.15, -0.1) is 11.8 Å². The molecule has 1 aliphatic heterocycles. The van der Waals surface area contributed by atoms with Crippen molar-refractivity contribution < 1.29 is 43.5 Å². The van der Waals surface area contributed by atoms with Crippen LogP contribution in [-0.2, 0) is 41.6 Å². The zero-order valence-electron chi connectivity index (χ0n) is 30.0. The second-order valence-corrected chi connectivity index (χ2v) is 14.5. The molecule has 0 saturated heterocycles. The van der Waals surface area contributed by atoms with Gasteiger partial charge in [0.15, 0.2) is 0 Å². The molecule has 6 atom stereocenters. The van der Waals surface area contributed by atoms with E-state index in [0.717, 1.165) is 22.7 Å². The smallest absolute Gasteiger partial charge is 0.327 e. The molecule has 0 spiro atoms. The van der Waals surface area contributed by atoms with E-state index in [1.165, 1.54) is 13.8 Å². The Kier molecular flexibility index (Phi) is 13.5. The lowest BCUT2D eigenvalue weighted by atomic mass is 10.00. The molecular formula is C35H47N7O9S. The number of carboxylic acid groups (broad SMARTS) is 1. The molecule has 5 amide bonds. The predicted molar refractivity (Wildman–Crippen MR) is 191 cm³/mol. The summed E-state index contributed by atoms with van der Waals surface area (Å²) in [6, 6.07) is 0.762. The number of carboxylic acids is 1. The molecule has 0 radical (unpaired) electrons. The van der Waals surface area contributed by atoms with E-state index < -0.39 is 71.8 Å². The van der Waals surface area contributed by atoms with Gasteiger partial charge in [-0.2, -0.15) is 0 Å². The van der Waals surface area contributed by atoms with Crippen molar-refractivity contribution >= 4 is 58.2 Å². The number of H-pyrrole nitrogens is 1. The Balaban J connectivity index is 1.75. The molecule has 3 heterocycles. The van der Waals surface area contributed by atoms with Gasteiger partial charge in [-0.3, -0.25) is 24.0 Å². The van der Waals surface area contributed by atoms with Crippen molar-refractivity contribution in [1.29, 1.82) is 0 Å². The molecule has 17 heteroatoms. The van der Waals surface area contributed by atoms with Gasteiger partial charge in [-0.05, 0) is 58.1 Å². The Morgan fingerprint density at radius 3 is 2.35 bits per heavy atom. The summed E-state index contributed by atoms with van der Waals surface area (Å²) in [5.41, 5.74) is 2.73. The highest BCUT2D eigenvalue weighted by Crippen LogP contribution is 2.31. The minimum atomic E-state index is -1.53. The van der Waals surface area contributed by atoms with Crippen LogP contribution in [-0.4, -0.2) is 97.9 Å². The molecule has 282 valence electrons. The number of thioether (sulfide) groups is 1.